The fourth-order valence-corrected chi connectivity index (χ4v) is 0.168. The Morgan fingerprint density at radius 2 is 1.56 bits per heavy atom. The van der Waals surface area contributed by atoms with Crippen LogP contribution in [0.15, 0.2) is 0 Å². The summed E-state index contributed by atoms with van der Waals surface area (Å²) in [6.07, 6.45) is 0. The molecule has 1 nitrogen and oxygen atoms in total. The molecule has 9 heavy (non-hydrogen) atoms. The molecular weight excluding hydrogens is 124 g/mol. The Morgan fingerprint density at radius 3 is 1.56 bits per heavy atom. The molecule has 0 aromatic heterocycles. The summed E-state index contributed by atoms with van der Waals surface area (Å²) in [7, 11) is 0. The Balaban J connectivity index is 4.39. The van der Waals surface area contributed by atoms with Crippen LogP contribution in [-0.4, -0.2) is 5.92 Å². The third-order valence-electron chi connectivity index (χ3n) is 1.08. The molecule has 0 radical (unpaired) electrons. The van der Waals surface area contributed by atoms with Gasteiger partial charge in [0, 0.05) is 5.41 Å². The van der Waals surface area contributed by atoms with Gasteiger partial charge in [0.05, 0.1) is 0 Å². The Kier molecular flexibility index (Phi) is 1.80. The molecule has 0 rings (SSSR count). The topological polar surface area (TPSA) is 23.8 Å². The van der Waals surface area contributed by atoms with Crippen LogP contribution >= 0.6 is 0 Å². The molecule has 0 aliphatic carbocycles. The molecule has 0 fully saturated rings. The van der Waals surface area contributed by atoms with Crippen molar-refractivity contribution in [3.63, 3.8) is 0 Å². The second kappa shape index (κ2) is 1.94. The van der Waals surface area contributed by atoms with Crippen molar-refractivity contribution in [2.45, 2.75) is 26.7 Å². The zero-order valence-corrected chi connectivity index (χ0v) is 5.70. The number of nitrogens with zero attached hydrogens (tertiary/aromatic N) is 1. The van der Waals surface area contributed by atoms with E-state index in [0.717, 1.165) is 6.07 Å². The number of hydrogen-bond donors (Lipinski definition) is 0. The van der Waals surface area contributed by atoms with Gasteiger partial charge in [0.25, 0.3) is 0 Å². The molecule has 0 atom stereocenters. The largest absolute Gasteiger partial charge is 0.336 e. The first-order valence-corrected chi connectivity index (χ1v) is 2.60. The maximum absolute atomic E-state index is 12.3. The molecular formula is C6H9F2N. The number of halogens is 2. The zero-order valence-electron chi connectivity index (χ0n) is 5.70. The summed E-state index contributed by atoms with van der Waals surface area (Å²) < 4.78 is 24.6. The second-order valence-electron chi connectivity index (χ2n) is 2.94. The van der Waals surface area contributed by atoms with Crippen LogP contribution < -0.4 is 0 Å². The van der Waals surface area contributed by atoms with Crippen LogP contribution in [0.4, 0.5) is 8.78 Å². The number of nitriles is 1. The van der Waals surface area contributed by atoms with E-state index in [4.69, 9.17) is 5.26 Å². The second-order valence-corrected chi connectivity index (χ2v) is 2.94. The van der Waals surface area contributed by atoms with E-state index in [1.807, 2.05) is 0 Å². The molecule has 0 aliphatic rings. The van der Waals surface area contributed by atoms with Crippen molar-refractivity contribution < 1.29 is 8.78 Å². The summed E-state index contributed by atoms with van der Waals surface area (Å²) in [5.41, 5.74) is -1.25. The van der Waals surface area contributed by atoms with E-state index in [1.165, 1.54) is 20.8 Å². The molecule has 0 heterocycles. The van der Waals surface area contributed by atoms with Crippen molar-refractivity contribution in [3.8, 4) is 6.07 Å². The standard InChI is InChI=1S/C6H9F2N/c1-5(2,3)6(7,8)4-9/h1-3H3. The lowest BCUT2D eigenvalue weighted by atomic mass is 9.89. The minimum atomic E-state index is -3.22. The Hall–Kier alpha value is -0.650. The molecule has 0 saturated carbocycles. The van der Waals surface area contributed by atoms with Gasteiger partial charge in [-0.05, 0) is 0 Å². The maximum atomic E-state index is 12.3. The number of alkyl halides is 2. The SMILES string of the molecule is CC(C)(C)C(F)(F)C#N. The first-order valence-electron chi connectivity index (χ1n) is 2.60. The molecule has 0 N–H and O–H groups in total. The maximum Gasteiger partial charge on any atom is 0.336 e. The smallest absolute Gasteiger partial charge is 0.192 e. The van der Waals surface area contributed by atoms with E-state index in [2.05, 4.69) is 0 Å². The van der Waals surface area contributed by atoms with Gasteiger partial charge in [-0.25, -0.2) is 0 Å². The molecule has 0 aromatic rings. The summed E-state index contributed by atoms with van der Waals surface area (Å²) >= 11 is 0. The van der Waals surface area contributed by atoms with Gasteiger partial charge in [0.15, 0.2) is 0 Å². The normalized spacial score (nSPS) is 12.9. The molecule has 3 heteroatoms. The van der Waals surface area contributed by atoms with Crippen LogP contribution in [0.25, 0.3) is 0 Å². The van der Waals surface area contributed by atoms with Crippen LogP contribution in [-0.2, 0) is 0 Å². The highest BCUT2D eigenvalue weighted by molar-refractivity contribution is 4.99. The van der Waals surface area contributed by atoms with Crippen molar-refractivity contribution in [1.82, 2.24) is 0 Å². The van der Waals surface area contributed by atoms with Crippen molar-refractivity contribution in [2.75, 3.05) is 0 Å². The van der Waals surface area contributed by atoms with Gasteiger partial charge < -0.3 is 0 Å². The number of hydrogen-bond acceptors (Lipinski definition) is 1. The van der Waals surface area contributed by atoms with Gasteiger partial charge in [0.2, 0.25) is 0 Å². The van der Waals surface area contributed by atoms with Crippen molar-refractivity contribution in [2.24, 2.45) is 5.41 Å². The zero-order chi connectivity index (χ0) is 7.71. The van der Waals surface area contributed by atoms with Gasteiger partial charge >= 0.3 is 5.92 Å². The Morgan fingerprint density at radius 1 is 1.22 bits per heavy atom. The molecule has 0 aromatic carbocycles. The highest BCUT2D eigenvalue weighted by atomic mass is 19.3. The predicted octanol–water partition coefficient (Wildman–Crippen LogP) is 2.19. The first-order chi connectivity index (χ1) is 3.81. The fourth-order valence-electron chi connectivity index (χ4n) is 0.168. The molecule has 0 saturated heterocycles. The lowest BCUT2D eigenvalue weighted by Crippen LogP contribution is -2.31. The summed E-state index contributed by atoms with van der Waals surface area (Å²) in [6, 6.07) is 0.948. The van der Waals surface area contributed by atoms with Crippen molar-refractivity contribution >= 4 is 0 Å². The van der Waals surface area contributed by atoms with Gasteiger partial charge in [-0.2, -0.15) is 14.0 Å². The molecule has 0 unspecified atom stereocenters. The highest BCUT2D eigenvalue weighted by Gasteiger charge is 2.43. The summed E-state index contributed by atoms with van der Waals surface area (Å²) in [4.78, 5) is 0. The van der Waals surface area contributed by atoms with E-state index in [9.17, 15) is 8.78 Å². The van der Waals surface area contributed by atoms with Crippen LogP contribution in [0, 0.1) is 16.7 Å². The van der Waals surface area contributed by atoms with Crippen LogP contribution in [0.5, 0.6) is 0 Å². The summed E-state index contributed by atoms with van der Waals surface area (Å²) in [5.74, 6) is -3.22. The van der Waals surface area contributed by atoms with E-state index in [1.54, 1.807) is 0 Å². The fraction of sp³-hybridized carbons (Fsp3) is 0.833. The molecule has 0 bridgehead atoms. The molecule has 0 spiro atoms. The van der Waals surface area contributed by atoms with Crippen molar-refractivity contribution in [3.05, 3.63) is 0 Å². The highest BCUT2D eigenvalue weighted by Crippen LogP contribution is 2.34. The van der Waals surface area contributed by atoms with Crippen LogP contribution in [0.2, 0.25) is 0 Å². The quantitative estimate of drug-likeness (QED) is 0.497. The van der Waals surface area contributed by atoms with Crippen LogP contribution in [0.3, 0.4) is 0 Å². The number of rotatable bonds is 0. The van der Waals surface area contributed by atoms with Gasteiger partial charge in [-0.3, -0.25) is 0 Å². The summed E-state index contributed by atoms with van der Waals surface area (Å²) in [6.45, 7) is 3.99. The minimum absolute atomic E-state index is 0.948. The van der Waals surface area contributed by atoms with E-state index in [0.29, 0.717) is 0 Å². The first kappa shape index (κ1) is 8.35. The molecule has 0 amide bonds. The average molecular weight is 133 g/mol. The van der Waals surface area contributed by atoms with E-state index < -0.39 is 11.3 Å². The predicted molar refractivity (Wildman–Crippen MR) is 30.0 cm³/mol. The minimum Gasteiger partial charge on any atom is -0.192 e. The van der Waals surface area contributed by atoms with E-state index >= 15 is 0 Å². The molecule has 0 aliphatic heterocycles. The Bertz CT molecular complexity index is 138. The Labute approximate surface area is 53.3 Å². The van der Waals surface area contributed by atoms with Crippen molar-refractivity contribution in [1.29, 1.82) is 5.26 Å². The average Bonchev–Trinajstić information content (AvgIpc) is 1.64. The van der Waals surface area contributed by atoms with Gasteiger partial charge in [-0.15, -0.1) is 0 Å². The van der Waals surface area contributed by atoms with E-state index in [-0.39, 0.29) is 0 Å². The van der Waals surface area contributed by atoms with Gasteiger partial charge in [0.1, 0.15) is 6.07 Å². The monoisotopic (exact) mass is 133 g/mol. The molecule has 52 valence electrons. The summed E-state index contributed by atoms with van der Waals surface area (Å²) in [5, 5.41) is 7.93. The van der Waals surface area contributed by atoms with Crippen LogP contribution in [0.1, 0.15) is 20.8 Å². The van der Waals surface area contributed by atoms with Gasteiger partial charge in [-0.1, -0.05) is 20.8 Å². The third-order valence-corrected chi connectivity index (χ3v) is 1.08. The lowest BCUT2D eigenvalue weighted by molar-refractivity contribution is -0.0422. The third kappa shape index (κ3) is 1.63. The lowest BCUT2D eigenvalue weighted by Gasteiger charge is -2.23.